The van der Waals surface area contributed by atoms with Crippen LogP contribution in [-0.2, 0) is 9.59 Å². The number of carboxylic acids is 2. The van der Waals surface area contributed by atoms with Gasteiger partial charge in [0.2, 0.25) is 0 Å². The average molecular weight is 224 g/mol. The molecule has 0 aromatic carbocycles. The molecule has 0 bridgehead atoms. The van der Waals surface area contributed by atoms with Crippen molar-refractivity contribution in [3.63, 3.8) is 0 Å². The van der Waals surface area contributed by atoms with Crippen LogP contribution in [0.15, 0.2) is 0 Å². The van der Waals surface area contributed by atoms with E-state index >= 15 is 0 Å². The van der Waals surface area contributed by atoms with Crippen molar-refractivity contribution >= 4 is 11.9 Å². The molecule has 0 saturated heterocycles. The standard InChI is InChI=1S/C7H12O4.K.Na.2H/c1-3-4(2)5(6(8)9)7(10)11;;;;/h4-5H,3H2,1-2H3,(H,8,9)(H,10,11);;;;/q;2*+1;2*-1. The van der Waals surface area contributed by atoms with Crippen LogP contribution in [0.5, 0.6) is 0 Å². The molecule has 0 amide bonds. The first-order valence-electron chi connectivity index (χ1n) is 3.46. The maximum Gasteiger partial charge on any atom is 1.00 e. The molecule has 0 aromatic rings. The molecule has 13 heavy (non-hydrogen) atoms. The fourth-order valence-electron chi connectivity index (χ4n) is 0.828. The van der Waals surface area contributed by atoms with E-state index in [0.717, 1.165) is 0 Å². The summed E-state index contributed by atoms with van der Waals surface area (Å²) < 4.78 is 0. The molecule has 0 aliphatic heterocycles. The van der Waals surface area contributed by atoms with Gasteiger partial charge in [0, 0.05) is 0 Å². The number of carboxylic acid groups (broad SMARTS) is 2. The molecule has 0 fully saturated rings. The van der Waals surface area contributed by atoms with Crippen LogP contribution in [0.3, 0.4) is 0 Å². The summed E-state index contributed by atoms with van der Waals surface area (Å²) in [5.74, 6) is -4.09. The third-order valence-electron chi connectivity index (χ3n) is 1.75. The summed E-state index contributed by atoms with van der Waals surface area (Å²) in [5.41, 5.74) is 0. The third-order valence-corrected chi connectivity index (χ3v) is 1.75. The van der Waals surface area contributed by atoms with Crippen molar-refractivity contribution in [1.29, 1.82) is 0 Å². The molecule has 0 spiro atoms. The molecule has 0 aromatic heterocycles. The summed E-state index contributed by atoms with van der Waals surface area (Å²) in [7, 11) is 0. The molecular formula is C7H14KNaO4. The molecular weight excluding hydrogens is 210 g/mol. The van der Waals surface area contributed by atoms with E-state index in [-0.39, 0.29) is 89.7 Å². The van der Waals surface area contributed by atoms with Crippen molar-refractivity contribution in [2.24, 2.45) is 11.8 Å². The first kappa shape index (κ1) is 20.0. The molecule has 0 radical (unpaired) electrons. The van der Waals surface area contributed by atoms with Gasteiger partial charge in [0.1, 0.15) is 0 Å². The largest absolute Gasteiger partial charge is 1.00 e. The third kappa shape index (κ3) is 7.50. The van der Waals surface area contributed by atoms with Gasteiger partial charge in [-0.15, -0.1) is 0 Å². The number of aliphatic carboxylic acids is 2. The van der Waals surface area contributed by atoms with Crippen molar-refractivity contribution < 1.29 is 104 Å². The summed E-state index contributed by atoms with van der Waals surface area (Å²) in [4.78, 5) is 20.7. The zero-order chi connectivity index (χ0) is 9.02. The number of hydrogen-bond donors (Lipinski definition) is 2. The van der Waals surface area contributed by atoms with E-state index in [0.29, 0.717) is 6.42 Å². The molecule has 1 unspecified atom stereocenters. The first-order valence-corrected chi connectivity index (χ1v) is 3.46. The van der Waals surface area contributed by atoms with Gasteiger partial charge in [-0.1, -0.05) is 20.3 Å². The second kappa shape index (κ2) is 10.1. The van der Waals surface area contributed by atoms with Gasteiger partial charge in [-0.05, 0) is 5.92 Å². The molecule has 1 atom stereocenters. The predicted octanol–water partition coefficient (Wildman–Crippen LogP) is -4.95. The first-order chi connectivity index (χ1) is 5.00. The summed E-state index contributed by atoms with van der Waals surface area (Å²) in [6.07, 6.45) is 0.559. The second-order valence-electron chi connectivity index (χ2n) is 2.54. The van der Waals surface area contributed by atoms with Crippen molar-refractivity contribution in [3.8, 4) is 0 Å². The fourth-order valence-corrected chi connectivity index (χ4v) is 0.828. The minimum Gasteiger partial charge on any atom is -1.00 e. The van der Waals surface area contributed by atoms with Gasteiger partial charge in [0.25, 0.3) is 0 Å². The second-order valence-corrected chi connectivity index (χ2v) is 2.54. The molecule has 2 N–H and O–H groups in total. The quantitative estimate of drug-likeness (QED) is 0.371. The molecule has 0 saturated carbocycles. The Morgan fingerprint density at radius 3 is 1.69 bits per heavy atom. The summed E-state index contributed by atoms with van der Waals surface area (Å²) in [6, 6.07) is 0. The van der Waals surface area contributed by atoms with Gasteiger partial charge in [0.05, 0.1) is 0 Å². The Kier molecular flexibility index (Phi) is 15.6. The zero-order valence-electron chi connectivity index (χ0n) is 10.6. The molecule has 6 heteroatoms. The summed E-state index contributed by atoms with van der Waals surface area (Å²) in [6.45, 7) is 3.39. The van der Waals surface area contributed by atoms with E-state index in [2.05, 4.69) is 0 Å². The van der Waals surface area contributed by atoms with Crippen molar-refractivity contribution in [1.82, 2.24) is 0 Å². The van der Waals surface area contributed by atoms with Crippen LogP contribution < -0.4 is 80.9 Å². The van der Waals surface area contributed by atoms with E-state index in [1.807, 2.05) is 0 Å². The van der Waals surface area contributed by atoms with Crippen LogP contribution >= 0.6 is 0 Å². The normalized spacial score (nSPS) is 11.0. The predicted molar refractivity (Wildman–Crippen MR) is 40.4 cm³/mol. The SMILES string of the molecule is CCC(C)C(C(=O)O)C(=O)O.[H-].[H-].[K+].[Na+]. The summed E-state index contributed by atoms with van der Waals surface area (Å²) >= 11 is 0. The van der Waals surface area contributed by atoms with E-state index in [1.165, 1.54) is 0 Å². The van der Waals surface area contributed by atoms with Crippen LogP contribution in [-0.4, -0.2) is 22.2 Å². The molecule has 0 aliphatic rings. The minimum absolute atomic E-state index is 0. The minimum atomic E-state index is -1.26. The number of hydrogen-bond acceptors (Lipinski definition) is 2. The summed E-state index contributed by atoms with van der Waals surface area (Å²) in [5, 5.41) is 16.9. The van der Waals surface area contributed by atoms with E-state index in [9.17, 15) is 9.59 Å². The Balaban J connectivity index is -0.0000000833. The van der Waals surface area contributed by atoms with Crippen LogP contribution in [0.1, 0.15) is 23.1 Å². The van der Waals surface area contributed by atoms with Crippen molar-refractivity contribution in [2.75, 3.05) is 0 Å². The van der Waals surface area contributed by atoms with Crippen LogP contribution in [0, 0.1) is 11.8 Å². The molecule has 0 rings (SSSR count). The van der Waals surface area contributed by atoms with Crippen molar-refractivity contribution in [2.45, 2.75) is 20.3 Å². The Bertz CT molecular complexity index is 168. The smallest absolute Gasteiger partial charge is 1.00 e. The van der Waals surface area contributed by atoms with Gasteiger partial charge in [-0.2, -0.15) is 0 Å². The van der Waals surface area contributed by atoms with Crippen LogP contribution in [0.25, 0.3) is 0 Å². The van der Waals surface area contributed by atoms with Gasteiger partial charge < -0.3 is 13.1 Å². The maximum absolute atomic E-state index is 10.4. The maximum atomic E-state index is 10.4. The zero-order valence-corrected chi connectivity index (χ0v) is 13.7. The molecule has 68 valence electrons. The monoisotopic (exact) mass is 224 g/mol. The molecule has 4 nitrogen and oxygen atoms in total. The van der Waals surface area contributed by atoms with Gasteiger partial charge in [0.15, 0.2) is 5.92 Å². The van der Waals surface area contributed by atoms with E-state index < -0.39 is 17.9 Å². The van der Waals surface area contributed by atoms with Crippen molar-refractivity contribution in [3.05, 3.63) is 0 Å². The van der Waals surface area contributed by atoms with Gasteiger partial charge in [-0.25, -0.2) is 0 Å². The van der Waals surface area contributed by atoms with Crippen LogP contribution in [0.4, 0.5) is 0 Å². The Morgan fingerprint density at radius 2 is 1.62 bits per heavy atom. The number of rotatable bonds is 4. The Labute approximate surface area is 145 Å². The fraction of sp³-hybridized carbons (Fsp3) is 0.714. The average Bonchev–Trinajstić information content (AvgIpc) is 1.85. The van der Waals surface area contributed by atoms with E-state index in [4.69, 9.17) is 10.2 Å². The van der Waals surface area contributed by atoms with E-state index in [1.54, 1.807) is 13.8 Å². The molecule has 0 aliphatic carbocycles. The van der Waals surface area contributed by atoms with Gasteiger partial charge >= 0.3 is 92.9 Å². The molecule has 0 heterocycles. The Hall–Kier alpha value is 1.58. The van der Waals surface area contributed by atoms with Gasteiger partial charge in [-0.3, -0.25) is 9.59 Å². The van der Waals surface area contributed by atoms with Crippen LogP contribution in [0.2, 0.25) is 0 Å². The topological polar surface area (TPSA) is 74.6 Å². The number of carbonyl (C=O) groups is 2. The Morgan fingerprint density at radius 1 is 1.31 bits per heavy atom.